The molecule has 198 valence electrons. The van der Waals surface area contributed by atoms with Gasteiger partial charge in [-0.05, 0) is 51.1 Å². The van der Waals surface area contributed by atoms with E-state index in [2.05, 4.69) is 44.3 Å². The Morgan fingerprint density at radius 1 is 1.05 bits per heavy atom. The van der Waals surface area contributed by atoms with Gasteiger partial charge in [0.25, 0.3) is 5.91 Å². The first kappa shape index (κ1) is 25.1. The van der Waals surface area contributed by atoms with Crippen molar-refractivity contribution in [1.82, 2.24) is 24.7 Å². The lowest BCUT2D eigenvalue weighted by Crippen LogP contribution is -2.54. The van der Waals surface area contributed by atoms with Gasteiger partial charge in [0, 0.05) is 61.0 Å². The molecule has 1 aliphatic rings. The van der Waals surface area contributed by atoms with E-state index in [4.69, 9.17) is 16.3 Å². The minimum Gasteiger partial charge on any atom is -0.453 e. The molecule has 0 radical (unpaired) electrons. The maximum atomic E-state index is 13.6. The predicted molar refractivity (Wildman–Crippen MR) is 153 cm³/mol. The van der Waals surface area contributed by atoms with E-state index in [-0.39, 0.29) is 5.91 Å². The van der Waals surface area contributed by atoms with Gasteiger partial charge in [-0.3, -0.25) is 14.8 Å². The maximum Gasteiger partial charge on any atom is 0.257 e. The Kier molecular flexibility index (Phi) is 6.54. The average Bonchev–Trinajstić information content (AvgIpc) is 3.28. The largest absolute Gasteiger partial charge is 0.453 e. The molecule has 2 aromatic carbocycles. The summed E-state index contributed by atoms with van der Waals surface area (Å²) in [6, 6.07) is 13.4. The maximum absolute atomic E-state index is 13.6. The number of anilines is 2. The number of hydrogen-bond donors (Lipinski definition) is 2. The van der Waals surface area contributed by atoms with Crippen LogP contribution in [0.1, 0.15) is 29.9 Å². The Morgan fingerprint density at radius 2 is 1.82 bits per heavy atom. The van der Waals surface area contributed by atoms with Crippen LogP contribution in [0.15, 0.2) is 67.3 Å². The summed E-state index contributed by atoms with van der Waals surface area (Å²) >= 11 is 6.15. The first-order valence-electron chi connectivity index (χ1n) is 12.8. The van der Waals surface area contributed by atoms with Gasteiger partial charge in [0.05, 0.1) is 22.6 Å². The number of ether oxygens (including phenoxy) is 1. The highest BCUT2D eigenvalue weighted by Gasteiger charge is 2.25. The van der Waals surface area contributed by atoms with Gasteiger partial charge in [-0.2, -0.15) is 0 Å². The monoisotopic (exact) mass is 541 g/mol. The number of amides is 1. The van der Waals surface area contributed by atoms with Gasteiger partial charge < -0.3 is 24.7 Å². The van der Waals surface area contributed by atoms with Crippen LogP contribution in [0.25, 0.3) is 16.7 Å². The lowest BCUT2D eigenvalue weighted by Gasteiger charge is -2.38. The molecule has 0 bridgehead atoms. The number of carbonyl (C=O) groups excluding carboxylic acids is 1. The Bertz CT molecular complexity index is 1690. The third-order valence-corrected chi connectivity index (χ3v) is 6.90. The first-order chi connectivity index (χ1) is 18.8. The molecule has 0 unspecified atom stereocenters. The van der Waals surface area contributed by atoms with Gasteiger partial charge in [-0.25, -0.2) is 4.98 Å². The fraction of sp³-hybridized carbons (Fsp3) is 0.241. The van der Waals surface area contributed by atoms with E-state index in [1.54, 1.807) is 30.6 Å². The van der Waals surface area contributed by atoms with Crippen LogP contribution >= 0.6 is 11.6 Å². The number of pyridine rings is 1. The molecule has 3 aromatic heterocycles. The van der Waals surface area contributed by atoms with Crippen LogP contribution in [0.3, 0.4) is 0 Å². The molecule has 10 heteroatoms. The minimum atomic E-state index is -0.293. The highest BCUT2D eigenvalue weighted by molar-refractivity contribution is 6.30. The molecule has 4 heterocycles. The molecule has 9 nitrogen and oxygen atoms in total. The third kappa shape index (κ3) is 5.10. The molecule has 1 amide bonds. The number of halogens is 1. The van der Waals surface area contributed by atoms with E-state index in [1.165, 1.54) is 0 Å². The topological polar surface area (TPSA) is 96.7 Å². The van der Waals surface area contributed by atoms with E-state index in [9.17, 15) is 4.79 Å². The number of nitrogens with one attached hydrogen (secondary N) is 2. The third-order valence-electron chi connectivity index (χ3n) is 6.67. The Labute approximate surface area is 230 Å². The molecule has 2 N–H and O–H groups in total. The summed E-state index contributed by atoms with van der Waals surface area (Å²) in [5.41, 5.74) is 4.68. The van der Waals surface area contributed by atoms with Crippen LogP contribution in [0.4, 0.5) is 11.4 Å². The summed E-state index contributed by atoms with van der Waals surface area (Å²) in [4.78, 5) is 29.6. The Hall–Kier alpha value is -4.21. The molecule has 39 heavy (non-hydrogen) atoms. The Morgan fingerprint density at radius 3 is 2.59 bits per heavy atom. The van der Waals surface area contributed by atoms with Crippen molar-refractivity contribution in [2.24, 2.45) is 0 Å². The van der Waals surface area contributed by atoms with Crippen LogP contribution in [-0.4, -0.2) is 50.4 Å². The fourth-order valence-electron chi connectivity index (χ4n) is 5.19. The number of aromatic nitrogens is 4. The van der Waals surface area contributed by atoms with Crippen LogP contribution in [-0.2, 0) is 0 Å². The smallest absolute Gasteiger partial charge is 0.257 e. The van der Waals surface area contributed by atoms with Gasteiger partial charge in [-0.1, -0.05) is 17.7 Å². The van der Waals surface area contributed by atoms with E-state index >= 15 is 0 Å². The number of carbonyl (C=O) groups is 1. The first-order valence-corrected chi connectivity index (χ1v) is 13.2. The predicted octanol–water partition coefficient (Wildman–Crippen LogP) is 5.47. The second-order valence-electron chi connectivity index (χ2n) is 9.98. The van der Waals surface area contributed by atoms with Crippen LogP contribution in [0, 0.1) is 6.92 Å². The van der Waals surface area contributed by atoms with Gasteiger partial charge in [0.1, 0.15) is 16.8 Å². The Balaban J connectivity index is 1.34. The summed E-state index contributed by atoms with van der Waals surface area (Å²) in [6.45, 7) is 7.94. The lowest BCUT2D eigenvalue weighted by molar-refractivity contribution is 0.102. The second kappa shape index (κ2) is 10.2. The molecule has 1 fully saturated rings. The summed E-state index contributed by atoms with van der Waals surface area (Å²) in [5.74, 6) is 0.769. The highest BCUT2D eigenvalue weighted by atomic mass is 35.5. The molecule has 1 saturated heterocycles. The number of piperazine rings is 1. The summed E-state index contributed by atoms with van der Waals surface area (Å²) in [7, 11) is 0. The zero-order chi connectivity index (χ0) is 27.1. The van der Waals surface area contributed by atoms with Gasteiger partial charge >= 0.3 is 0 Å². The van der Waals surface area contributed by atoms with Crippen molar-refractivity contribution in [2.45, 2.75) is 32.9 Å². The van der Waals surface area contributed by atoms with Crippen LogP contribution < -0.4 is 20.3 Å². The van der Waals surface area contributed by atoms with Crippen molar-refractivity contribution < 1.29 is 9.53 Å². The number of imidazole rings is 1. The minimum absolute atomic E-state index is 0.293. The molecule has 5 aromatic rings. The second-order valence-corrected chi connectivity index (χ2v) is 10.4. The number of fused-ring (bicyclic) bond motifs is 2. The van der Waals surface area contributed by atoms with Crippen molar-refractivity contribution in [2.75, 3.05) is 23.3 Å². The number of nitrogens with zero attached hydrogens (tertiary/aromatic N) is 5. The molecule has 0 spiro atoms. The quantitative estimate of drug-likeness (QED) is 0.304. The van der Waals surface area contributed by atoms with Crippen LogP contribution in [0.5, 0.6) is 11.5 Å². The number of rotatable bonds is 5. The van der Waals surface area contributed by atoms with E-state index in [1.807, 2.05) is 48.0 Å². The van der Waals surface area contributed by atoms with Crippen molar-refractivity contribution in [3.05, 3.63) is 83.5 Å². The SMILES string of the molecule is Cc1cn2cc(NC(=O)c3ccc(N4C[C@@H](C)N[C@@H](C)C4)c4nccnc34)cc(Oc3cccc(Cl)c3)c2n1. The number of hydrogen-bond acceptors (Lipinski definition) is 7. The molecule has 0 aliphatic carbocycles. The summed E-state index contributed by atoms with van der Waals surface area (Å²) in [5, 5.41) is 7.14. The summed E-state index contributed by atoms with van der Waals surface area (Å²) < 4.78 is 7.96. The van der Waals surface area contributed by atoms with Crippen molar-refractivity contribution >= 4 is 45.6 Å². The van der Waals surface area contributed by atoms with Crippen molar-refractivity contribution in [1.29, 1.82) is 0 Å². The van der Waals surface area contributed by atoms with Crippen molar-refractivity contribution in [3.63, 3.8) is 0 Å². The standard InChI is InChI=1S/C29H28ClN7O2/c1-17-13-36(14-18(2)33-17)24-8-7-23(26-27(24)32-10-9-31-26)29(38)35-21-12-25(28-34-19(3)15-37(28)16-21)39-22-6-4-5-20(30)11-22/h4-12,15-18,33H,13-14H2,1-3H3,(H,35,38)/t17-,18+. The molecule has 0 saturated carbocycles. The zero-order valence-corrected chi connectivity index (χ0v) is 22.6. The van der Waals surface area contributed by atoms with E-state index in [0.29, 0.717) is 56.5 Å². The lowest BCUT2D eigenvalue weighted by atomic mass is 10.1. The summed E-state index contributed by atoms with van der Waals surface area (Å²) in [6.07, 6.45) is 6.96. The van der Waals surface area contributed by atoms with Gasteiger partial charge in [-0.15, -0.1) is 0 Å². The molecule has 2 atom stereocenters. The van der Waals surface area contributed by atoms with Crippen molar-refractivity contribution in [3.8, 4) is 11.5 Å². The fourth-order valence-corrected chi connectivity index (χ4v) is 5.37. The molecule has 6 rings (SSSR count). The van der Waals surface area contributed by atoms with Gasteiger partial charge in [0.2, 0.25) is 0 Å². The average molecular weight is 542 g/mol. The van der Waals surface area contributed by atoms with Crippen LogP contribution in [0.2, 0.25) is 5.02 Å². The highest BCUT2D eigenvalue weighted by Crippen LogP contribution is 2.32. The van der Waals surface area contributed by atoms with E-state index in [0.717, 1.165) is 24.5 Å². The number of aryl methyl sites for hydroxylation is 1. The zero-order valence-electron chi connectivity index (χ0n) is 21.9. The molecule has 1 aliphatic heterocycles. The van der Waals surface area contributed by atoms with Gasteiger partial charge in [0.15, 0.2) is 11.4 Å². The molecular formula is C29H28ClN7O2. The normalized spacial score (nSPS) is 17.5. The number of benzene rings is 2. The molecular weight excluding hydrogens is 514 g/mol. The van der Waals surface area contributed by atoms with E-state index < -0.39 is 0 Å².